The first-order valence-corrected chi connectivity index (χ1v) is 6.08. The second-order valence-corrected chi connectivity index (χ2v) is 4.56. The first-order chi connectivity index (χ1) is 8.08. The smallest absolute Gasteiger partial charge is 0.356 e. The number of thiazole rings is 1. The molecular weight excluding hydrogens is 244 g/mol. The van der Waals surface area contributed by atoms with Crippen LogP contribution in [0.2, 0.25) is 0 Å². The number of H-pyrrole nitrogens is 1. The summed E-state index contributed by atoms with van der Waals surface area (Å²) in [6.07, 6.45) is 0. The molecule has 0 saturated heterocycles. The van der Waals surface area contributed by atoms with Gasteiger partial charge >= 0.3 is 10.8 Å². The van der Waals surface area contributed by atoms with Gasteiger partial charge in [0, 0.05) is 13.1 Å². The highest BCUT2D eigenvalue weighted by Gasteiger charge is 2.17. The minimum absolute atomic E-state index is 0.0323. The first-order valence-electron chi connectivity index (χ1n) is 5.27. The van der Waals surface area contributed by atoms with Gasteiger partial charge in [0.25, 0.3) is 0 Å². The van der Waals surface area contributed by atoms with Crippen LogP contribution in [0.5, 0.6) is 0 Å². The van der Waals surface area contributed by atoms with E-state index in [-0.39, 0.29) is 23.8 Å². The van der Waals surface area contributed by atoms with E-state index in [0.29, 0.717) is 18.0 Å². The molecule has 1 aromatic rings. The zero-order chi connectivity index (χ0) is 12.8. The Morgan fingerprint density at radius 2 is 2.29 bits per heavy atom. The Balaban J connectivity index is 2.84. The Bertz CT molecular complexity index is 426. The van der Waals surface area contributed by atoms with Crippen LogP contribution in [0.4, 0.5) is 0 Å². The Morgan fingerprint density at radius 1 is 1.59 bits per heavy atom. The third-order valence-corrected chi connectivity index (χ3v) is 2.96. The van der Waals surface area contributed by atoms with E-state index in [4.69, 9.17) is 9.84 Å². The molecule has 0 aliphatic rings. The first kappa shape index (κ1) is 13.9. The van der Waals surface area contributed by atoms with Gasteiger partial charge in [-0.2, -0.15) is 0 Å². The number of aliphatic hydroxyl groups is 1. The van der Waals surface area contributed by atoms with Crippen molar-refractivity contribution in [3.63, 3.8) is 0 Å². The van der Waals surface area contributed by atoms with E-state index in [9.17, 15) is 9.59 Å². The third-order valence-electron chi connectivity index (χ3n) is 2.10. The highest BCUT2D eigenvalue weighted by Crippen LogP contribution is 2.13. The highest BCUT2D eigenvalue weighted by molar-refractivity contribution is 7.09. The Morgan fingerprint density at radius 3 is 2.88 bits per heavy atom. The van der Waals surface area contributed by atoms with Gasteiger partial charge in [-0.1, -0.05) is 11.3 Å². The van der Waals surface area contributed by atoms with Gasteiger partial charge in [0.1, 0.15) is 5.69 Å². The van der Waals surface area contributed by atoms with Crippen molar-refractivity contribution in [3.05, 3.63) is 20.2 Å². The maximum Gasteiger partial charge on any atom is 0.356 e. The molecule has 0 amide bonds. The number of carbonyl (C=O) groups excluding carboxylic acids is 1. The summed E-state index contributed by atoms with van der Waals surface area (Å²) < 4.78 is 4.85. The van der Waals surface area contributed by atoms with E-state index < -0.39 is 5.97 Å². The van der Waals surface area contributed by atoms with E-state index in [1.54, 1.807) is 14.0 Å². The van der Waals surface area contributed by atoms with Crippen LogP contribution in [0.15, 0.2) is 4.79 Å². The lowest BCUT2D eigenvalue weighted by Gasteiger charge is -2.14. The van der Waals surface area contributed by atoms with Gasteiger partial charge in [0.2, 0.25) is 0 Å². The molecule has 0 spiro atoms. The summed E-state index contributed by atoms with van der Waals surface area (Å²) in [5.41, 5.74) is 0.214. The molecule has 0 fully saturated rings. The van der Waals surface area contributed by atoms with Crippen molar-refractivity contribution in [1.82, 2.24) is 9.88 Å². The molecule has 2 N–H and O–H groups in total. The number of aromatic amines is 1. The Hall–Kier alpha value is -1.18. The Labute approximate surface area is 103 Å². The number of esters is 1. The minimum Gasteiger partial charge on any atom is -0.461 e. The van der Waals surface area contributed by atoms with Crippen molar-refractivity contribution in [3.8, 4) is 0 Å². The van der Waals surface area contributed by atoms with Crippen molar-refractivity contribution >= 4 is 17.3 Å². The number of aromatic nitrogens is 1. The van der Waals surface area contributed by atoms with Crippen LogP contribution >= 0.6 is 11.3 Å². The van der Waals surface area contributed by atoms with E-state index >= 15 is 0 Å². The van der Waals surface area contributed by atoms with Gasteiger partial charge in [0.05, 0.1) is 18.1 Å². The van der Waals surface area contributed by atoms with Gasteiger partial charge in [0.15, 0.2) is 0 Å². The molecule has 0 aliphatic heterocycles. The lowest BCUT2D eigenvalue weighted by Crippen LogP contribution is -2.22. The summed E-state index contributed by atoms with van der Waals surface area (Å²) in [5, 5.41) is 8.78. The second kappa shape index (κ2) is 6.53. The fraction of sp³-hybridized carbons (Fsp3) is 0.600. The number of aliphatic hydroxyl groups excluding tert-OH is 1. The number of ether oxygens (including phenoxy) is 1. The van der Waals surface area contributed by atoms with E-state index in [1.807, 2.05) is 4.90 Å². The van der Waals surface area contributed by atoms with Crippen molar-refractivity contribution in [2.45, 2.75) is 13.5 Å². The topological polar surface area (TPSA) is 82.6 Å². The maximum atomic E-state index is 11.6. The molecule has 0 bridgehead atoms. The average Bonchev–Trinajstić information content (AvgIpc) is 2.60. The summed E-state index contributed by atoms with van der Waals surface area (Å²) >= 11 is 0.987. The largest absolute Gasteiger partial charge is 0.461 e. The molecule has 6 nitrogen and oxygen atoms in total. The van der Waals surface area contributed by atoms with Crippen molar-refractivity contribution in [2.24, 2.45) is 0 Å². The number of rotatable bonds is 6. The molecule has 0 atom stereocenters. The normalized spacial score (nSPS) is 10.8. The van der Waals surface area contributed by atoms with Crippen LogP contribution in [0.3, 0.4) is 0 Å². The van der Waals surface area contributed by atoms with Gasteiger partial charge in [-0.25, -0.2) is 4.79 Å². The van der Waals surface area contributed by atoms with Crippen LogP contribution in [0.25, 0.3) is 0 Å². The number of nitrogens with zero attached hydrogens (tertiary/aromatic N) is 1. The van der Waals surface area contributed by atoms with Crippen molar-refractivity contribution in [2.75, 3.05) is 26.8 Å². The quantitative estimate of drug-likeness (QED) is 0.706. The molecule has 96 valence electrons. The monoisotopic (exact) mass is 260 g/mol. The number of hydrogen-bond donors (Lipinski definition) is 2. The SMILES string of the molecule is CCOC(=O)c1[nH]c(=O)sc1CN(C)CCO. The fourth-order valence-electron chi connectivity index (χ4n) is 1.33. The summed E-state index contributed by atoms with van der Waals surface area (Å²) in [5.74, 6) is -0.516. The predicted octanol–water partition coefficient (Wildman–Crippen LogP) is 0.0372. The second-order valence-electron chi connectivity index (χ2n) is 3.49. The van der Waals surface area contributed by atoms with Gasteiger partial charge in [-0.05, 0) is 14.0 Å². The summed E-state index contributed by atoms with van der Waals surface area (Å²) in [4.78, 5) is 27.5. The van der Waals surface area contributed by atoms with E-state index in [2.05, 4.69) is 4.98 Å². The lowest BCUT2D eigenvalue weighted by molar-refractivity contribution is 0.0518. The van der Waals surface area contributed by atoms with Gasteiger partial charge < -0.3 is 14.8 Å². The molecule has 0 aliphatic carbocycles. The van der Waals surface area contributed by atoms with Crippen LogP contribution < -0.4 is 4.87 Å². The molecule has 7 heteroatoms. The fourth-order valence-corrected chi connectivity index (χ4v) is 2.23. The summed E-state index contributed by atoms with van der Waals surface area (Å²) in [6.45, 7) is 2.92. The summed E-state index contributed by atoms with van der Waals surface area (Å²) in [7, 11) is 1.80. The zero-order valence-electron chi connectivity index (χ0n) is 9.86. The molecule has 0 radical (unpaired) electrons. The Kier molecular flexibility index (Phi) is 5.33. The molecular formula is C10H16N2O4S. The minimum atomic E-state index is -0.516. The molecule has 17 heavy (non-hydrogen) atoms. The number of hydrogen-bond acceptors (Lipinski definition) is 6. The molecule has 1 aromatic heterocycles. The van der Waals surface area contributed by atoms with Crippen LogP contribution in [-0.4, -0.2) is 47.8 Å². The molecule has 1 rings (SSSR count). The summed E-state index contributed by atoms with van der Waals surface area (Å²) in [6, 6.07) is 0. The molecule has 0 aromatic carbocycles. The molecule has 1 heterocycles. The van der Waals surface area contributed by atoms with E-state index in [0.717, 1.165) is 11.3 Å². The molecule has 0 saturated carbocycles. The number of nitrogens with one attached hydrogen (secondary N) is 1. The predicted molar refractivity (Wildman–Crippen MR) is 64.3 cm³/mol. The van der Waals surface area contributed by atoms with Crippen LogP contribution in [-0.2, 0) is 11.3 Å². The molecule has 0 unspecified atom stereocenters. The van der Waals surface area contributed by atoms with Gasteiger partial charge in [-0.15, -0.1) is 0 Å². The lowest BCUT2D eigenvalue weighted by atomic mass is 10.3. The third kappa shape index (κ3) is 3.95. The van der Waals surface area contributed by atoms with Gasteiger partial charge in [-0.3, -0.25) is 9.69 Å². The standard InChI is InChI=1S/C10H16N2O4S/c1-3-16-9(14)8-7(17-10(15)11-8)6-12(2)4-5-13/h13H,3-6H2,1-2H3,(H,11,15). The van der Waals surface area contributed by atoms with Crippen molar-refractivity contribution in [1.29, 1.82) is 0 Å². The average molecular weight is 260 g/mol. The zero-order valence-corrected chi connectivity index (χ0v) is 10.7. The van der Waals surface area contributed by atoms with Crippen LogP contribution in [0, 0.1) is 0 Å². The number of likely N-dealkylation sites (N-methyl/N-ethyl adjacent to an activating group) is 1. The number of carbonyl (C=O) groups is 1. The highest BCUT2D eigenvalue weighted by atomic mass is 32.1. The van der Waals surface area contributed by atoms with Crippen molar-refractivity contribution < 1.29 is 14.6 Å². The van der Waals surface area contributed by atoms with E-state index in [1.165, 1.54) is 0 Å². The van der Waals surface area contributed by atoms with Crippen LogP contribution in [0.1, 0.15) is 22.3 Å². The maximum absolute atomic E-state index is 11.6.